The van der Waals surface area contributed by atoms with Gasteiger partial charge in [-0.3, -0.25) is 4.79 Å². The molecule has 0 bridgehead atoms. The van der Waals surface area contributed by atoms with E-state index in [4.69, 9.17) is 15.9 Å². The first kappa shape index (κ1) is 19.1. The predicted octanol–water partition coefficient (Wildman–Crippen LogP) is 3.92. The normalized spacial score (nSPS) is 12.5. The van der Waals surface area contributed by atoms with Crippen molar-refractivity contribution in [1.29, 1.82) is 0 Å². The molecule has 2 atom stereocenters. The molecule has 0 N–H and O–H groups in total. The molecule has 0 fully saturated rings. The lowest BCUT2D eigenvalue weighted by Gasteiger charge is -2.11. The summed E-state index contributed by atoms with van der Waals surface area (Å²) < 4.78 is 10.9. The molecular formula is C23H20O3. The van der Waals surface area contributed by atoms with Crippen molar-refractivity contribution in [1.82, 2.24) is 0 Å². The topological polar surface area (TPSA) is 35.5 Å². The predicted molar refractivity (Wildman–Crippen MR) is 102 cm³/mol. The molecule has 0 saturated carbocycles. The van der Waals surface area contributed by atoms with Crippen LogP contribution in [-0.2, 0) is 14.3 Å². The number of carbonyl (C=O) groups is 1. The summed E-state index contributed by atoms with van der Waals surface area (Å²) >= 11 is 0. The van der Waals surface area contributed by atoms with E-state index < -0.39 is 18.2 Å². The van der Waals surface area contributed by atoms with Gasteiger partial charge in [0.15, 0.2) is 6.10 Å². The first-order valence-corrected chi connectivity index (χ1v) is 8.22. The van der Waals surface area contributed by atoms with Gasteiger partial charge in [-0.25, -0.2) is 0 Å². The Morgan fingerprint density at radius 3 is 2.38 bits per heavy atom. The van der Waals surface area contributed by atoms with Crippen molar-refractivity contribution in [3.05, 3.63) is 83.9 Å². The molecule has 0 heterocycles. The van der Waals surface area contributed by atoms with E-state index in [9.17, 15) is 4.79 Å². The minimum Gasteiger partial charge on any atom is -0.445 e. The van der Waals surface area contributed by atoms with Crippen LogP contribution in [0.3, 0.4) is 0 Å². The smallest absolute Gasteiger partial charge is 0.304 e. The fourth-order valence-corrected chi connectivity index (χ4v) is 2.17. The van der Waals surface area contributed by atoms with E-state index in [1.165, 1.54) is 6.92 Å². The number of terminal acetylenes is 1. The van der Waals surface area contributed by atoms with Crippen molar-refractivity contribution < 1.29 is 14.3 Å². The minimum atomic E-state index is -0.641. The molecule has 0 aliphatic carbocycles. The summed E-state index contributed by atoms with van der Waals surface area (Å²) in [6.45, 7) is 1.64. The van der Waals surface area contributed by atoms with Crippen LogP contribution >= 0.6 is 0 Å². The summed E-state index contributed by atoms with van der Waals surface area (Å²) in [6, 6.07) is 19.1. The molecule has 0 amide bonds. The van der Waals surface area contributed by atoms with Crippen molar-refractivity contribution in [2.24, 2.45) is 0 Å². The zero-order chi connectivity index (χ0) is 18.6. The van der Waals surface area contributed by atoms with Gasteiger partial charge in [-0.05, 0) is 29.7 Å². The van der Waals surface area contributed by atoms with Gasteiger partial charge in [0.25, 0.3) is 0 Å². The average molecular weight is 344 g/mol. The second-order valence-electron chi connectivity index (χ2n) is 5.38. The molecule has 130 valence electrons. The second-order valence-corrected chi connectivity index (χ2v) is 5.38. The number of benzene rings is 2. The maximum atomic E-state index is 11.3. The fraction of sp³-hybridized carbons (Fsp3) is 0.174. The van der Waals surface area contributed by atoms with Gasteiger partial charge in [0.05, 0.1) is 6.61 Å². The van der Waals surface area contributed by atoms with Crippen LogP contribution in [0.25, 0.3) is 0 Å². The fourth-order valence-electron chi connectivity index (χ4n) is 2.17. The molecular weight excluding hydrogens is 324 g/mol. The van der Waals surface area contributed by atoms with Crippen molar-refractivity contribution in [2.45, 2.75) is 19.1 Å². The Morgan fingerprint density at radius 2 is 1.77 bits per heavy atom. The quantitative estimate of drug-likeness (QED) is 0.453. The lowest BCUT2D eigenvalue weighted by molar-refractivity contribution is -0.142. The van der Waals surface area contributed by atoms with Crippen molar-refractivity contribution in [3.8, 4) is 24.2 Å². The monoisotopic (exact) mass is 344 g/mol. The molecule has 0 radical (unpaired) electrons. The van der Waals surface area contributed by atoms with Crippen LogP contribution in [0.2, 0.25) is 0 Å². The summed E-state index contributed by atoms with van der Waals surface area (Å²) in [6.07, 6.45) is 7.91. The van der Waals surface area contributed by atoms with E-state index in [1.54, 1.807) is 12.2 Å². The Bertz CT molecular complexity index is 820. The Balaban J connectivity index is 1.96. The molecule has 0 aromatic heterocycles. The van der Waals surface area contributed by atoms with E-state index in [0.717, 1.165) is 11.1 Å². The van der Waals surface area contributed by atoms with Crippen molar-refractivity contribution >= 4 is 5.97 Å². The van der Waals surface area contributed by atoms with Crippen LogP contribution in [0.5, 0.6) is 0 Å². The lowest BCUT2D eigenvalue weighted by Crippen LogP contribution is -2.12. The molecule has 3 heteroatoms. The summed E-state index contributed by atoms with van der Waals surface area (Å²) in [5.41, 5.74) is 1.77. The Hall–Kier alpha value is -3.27. The summed E-state index contributed by atoms with van der Waals surface area (Å²) in [5.74, 6) is 8.13. The summed E-state index contributed by atoms with van der Waals surface area (Å²) in [5, 5.41) is 0. The van der Waals surface area contributed by atoms with Gasteiger partial charge >= 0.3 is 5.97 Å². The first-order valence-electron chi connectivity index (χ1n) is 8.22. The van der Waals surface area contributed by atoms with Crippen LogP contribution in [0, 0.1) is 24.2 Å². The van der Waals surface area contributed by atoms with Crippen LogP contribution < -0.4 is 0 Å². The number of rotatable bonds is 6. The first-order chi connectivity index (χ1) is 12.7. The molecule has 0 spiro atoms. The van der Waals surface area contributed by atoms with Gasteiger partial charge in [-0.2, -0.15) is 0 Å². The molecule has 3 nitrogen and oxygen atoms in total. The molecule has 2 aromatic carbocycles. The Labute approximate surface area is 154 Å². The van der Waals surface area contributed by atoms with Gasteiger partial charge < -0.3 is 9.47 Å². The third kappa shape index (κ3) is 6.69. The standard InChI is InChI=1S/C23H20O3/c1-3-23(21-13-8-5-9-14-21)25-18-10-15-22(26-19(2)24)17-16-20-11-6-4-7-12-20/h1,4-15,22-23H,18H2,2H3/b15-10+. The Kier molecular flexibility index (Phi) is 7.74. The van der Waals surface area contributed by atoms with Gasteiger partial charge in [0.2, 0.25) is 0 Å². The summed E-state index contributed by atoms with van der Waals surface area (Å²) in [7, 11) is 0. The maximum Gasteiger partial charge on any atom is 0.304 e. The van der Waals surface area contributed by atoms with E-state index in [-0.39, 0.29) is 6.61 Å². The molecule has 2 rings (SSSR count). The summed E-state index contributed by atoms with van der Waals surface area (Å²) in [4.78, 5) is 11.3. The van der Waals surface area contributed by atoms with E-state index in [2.05, 4.69) is 17.8 Å². The molecule has 0 saturated heterocycles. The zero-order valence-corrected chi connectivity index (χ0v) is 14.6. The molecule has 0 aliphatic rings. The van der Waals surface area contributed by atoms with Gasteiger partial charge in [-0.15, -0.1) is 6.42 Å². The third-order valence-electron chi connectivity index (χ3n) is 3.35. The van der Waals surface area contributed by atoms with Crippen molar-refractivity contribution in [3.63, 3.8) is 0 Å². The van der Waals surface area contributed by atoms with E-state index in [1.807, 2.05) is 60.7 Å². The largest absolute Gasteiger partial charge is 0.445 e. The molecule has 26 heavy (non-hydrogen) atoms. The third-order valence-corrected chi connectivity index (χ3v) is 3.35. The zero-order valence-electron chi connectivity index (χ0n) is 14.6. The number of carbonyl (C=O) groups excluding carboxylic acids is 1. The highest BCUT2D eigenvalue weighted by atomic mass is 16.5. The lowest BCUT2D eigenvalue weighted by atomic mass is 10.1. The highest BCUT2D eigenvalue weighted by molar-refractivity contribution is 5.66. The van der Waals surface area contributed by atoms with Gasteiger partial charge in [-0.1, -0.05) is 66.4 Å². The molecule has 2 aromatic rings. The highest BCUT2D eigenvalue weighted by Gasteiger charge is 2.07. The average Bonchev–Trinajstić information content (AvgIpc) is 2.67. The Morgan fingerprint density at radius 1 is 1.12 bits per heavy atom. The second kappa shape index (κ2) is 10.6. The molecule has 0 aliphatic heterocycles. The van der Waals surface area contributed by atoms with Crippen LogP contribution in [0.1, 0.15) is 24.2 Å². The van der Waals surface area contributed by atoms with Crippen LogP contribution in [-0.4, -0.2) is 18.7 Å². The van der Waals surface area contributed by atoms with Gasteiger partial charge in [0, 0.05) is 12.5 Å². The van der Waals surface area contributed by atoms with Gasteiger partial charge in [0.1, 0.15) is 6.10 Å². The van der Waals surface area contributed by atoms with E-state index >= 15 is 0 Å². The maximum absolute atomic E-state index is 11.3. The van der Waals surface area contributed by atoms with Crippen LogP contribution in [0.15, 0.2) is 72.8 Å². The number of ether oxygens (including phenoxy) is 2. The number of esters is 1. The SMILES string of the molecule is C#CC(OC/C=C/C(C#Cc1ccccc1)OC(C)=O)c1ccccc1. The molecule has 2 unspecified atom stereocenters. The van der Waals surface area contributed by atoms with Crippen LogP contribution in [0.4, 0.5) is 0 Å². The van der Waals surface area contributed by atoms with Crippen molar-refractivity contribution in [2.75, 3.05) is 6.61 Å². The number of hydrogen-bond acceptors (Lipinski definition) is 3. The van der Waals surface area contributed by atoms with E-state index in [0.29, 0.717) is 0 Å². The minimum absolute atomic E-state index is 0.286. The highest BCUT2D eigenvalue weighted by Crippen LogP contribution is 2.15. The number of hydrogen-bond donors (Lipinski definition) is 0.